The topological polar surface area (TPSA) is 48.8 Å². The van der Waals surface area contributed by atoms with E-state index in [1.165, 1.54) is 11.1 Å². The molecule has 4 aromatic rings. The molecule has 0 spiro atoms. The largest absolute Gasteiger partial charge is 0.463 e. The van der Waals surface area contributed by atoms with Crippen LogP contribution in [0.15, 0.2) is 46.2 Å². The summed E-state index contributed by atoms with van der Waals surface area (Å²) in [4.78, 5) is 0. The number of benzene rings is 1. The minimum atomic E-state index is 0.827. The first-order chi connectivity index (χ1) is 12.1. The van der Waals surface area contributed by atoms with Crippen LogP contribution in [0, 0.1) is 13.8 Å². The minimum Gasteiger partial charge on any atom is -0.463 e. The number of furan rings is 1. The van der Waals surface area contributed by atoms with Gasteiger partial charge < -0.3 is 8.98 Å². The summed E-state index contributed by atoms with van der Waals surface area (Å²) in [5.41, 5.74) is 6.51. The Balaban J connectivity index is 1.95. The number of aryl methyl sites for hydroxylation is 3. The number of nitrogens with zero attached hydrogens (tertiary/aromatic N) is 4. The van der Waals surface area contributed by atoms with Gasteiger partial charge in [-0.05, 0) is 42.9 Å². The molecule has 0 atom stereocenters. The van der Waals surface area contributed by atoms with E-state index in [0.29, 0.717) is 0 Å². The molecular weight excluding hydrogens is 332 g/mol. The van der Waals surface area contributed by atoms with E-state index in [1.807, 2.05) is 19.2 Å². The van der Waals surface area contributed by atoms with E-state index in [-0.39, 0.29) is 0 Å². The van der Waals surface area contributed by atoms with E-state index >= 15 is 0 Å². The van der Waals surface area contributed by atoms with E-state index in [4.69, 9.17) is 4.42 Å². The Hall–Kier alpha value is -2.47. The Kier molecular flexibility index (Phi) is 3.92. The van der Waals surface area contributed by atoms with Crippen molar-refractivity contribution in [1.29, 1.82) is 0 Å². The van der Waals surface area contributed by atoms with Crippen molar-refractivity contribution in [3.8, 4) is 17.2 Å². The van der Waals surface area contributed by atoms with Gasteiger partial charge in [-0.15, -0.1) is 10.2 Å². The fourth-order valence-electron chi connectivity index (χ4n) is 3.02. The van der Waals surface area contributed by atoms with Gasteiger partial charge in [0.15, 0.2) is 16.6 Å². The lowest BCUT2D eigenvalue weighted by molar-refractivity contribution is 0.616. The first kappa shape index (κ1) is 16.0. The summed E-state index contributed by atoms with van der Waals surface area (Å²) in [5, 5.41) is 9.84. The zero-order chi connectivity index (χ0) is 17.6. The molecule has 128 valence electrons. The van der Waals surface area contributed by atoms with E-state index in [2.05, 4.69) is 58.3 Å². The Morgan fingerprint density at radius 1 is 1.08 bits per heavy atom. The maximum absolute atomic E-state index is 5.55. The fraction of sp³-hybridized carbons (Fsp3) is 0.263. The van der Waals surface area contributed by atoms with Crippen molar-refractivity contribution in [3.63, 3.8) is 0 Å². The van der Waals surface area contributed by atoms with Crippen molar-refractivity contribution >= 4 is 22.9 Å². The molecule has 0 aliphatic heterocycles. The summed E-state index contributed by atoms with van der Waals surface area (Å²) < 4.78 is 9.78. The lowest BCUT2D eigenvalue weighted by Crippen LogP contribution is -2.03. The second kappa shape index (κ2) is 6.11. The van der Waals surface area contributed by atoms with Crippen LogP contribution in [0.4, 0.5) is 0 Å². The summed E-state index contributed by atoms with van der Waals surface area (Å²) in [5.74, 6) is 1.77. The van der Waals surface area contributed by atoms with Gasteiger partial charge in [0.1, 0.15) is 0 Å². The normalized spacial score (nSPS) is 11.5. The van der Waals surface area contributed by atoms with Crippen molar-refractivity contribution < 1.29 is 4.42 Å². The molecule has 0 saturated heterocycles. The fourth-order valence-corrected chi connectivity index (χ4v) is 3.70. The van der Waals surface area contributed by atoms with Gasteiger partial charge in [0.05, 0.1) is 23.2 Å². The molecule has 0 saturated carbocycles. The standard InChI is InChI=1S/C19H20N4OS/c1-5-25-19-21-20-18(16-11-17-15(22(16)4)8-9-24-17)23(19)14-7-6-12(2)13(3)10-14/h6-11H,5H2,1-4H3. The summed E-state index contributed by atoms with van der Waals surface area (Å²) in [6.45, 7) is 6.38. The first-order valence-corrected chi connectivity index (χ1v) is 9.28. The van der Waals surface area contributed by atoms with Gasteiger partial charge in [0.2, 0.25) is 0 Å². The molecule has 25 heavy (non-hydrogen) atoms. The van der Waals surface area contributed by atoms with Gasteiger partial charge >= 0.3 is 0 Å². The Morgan fingerprint density at radius 3 is 2.64 bits per heavy atom. The Labute approximate surface area is 150 Å². The second-order valence-electron chi connectivity index (χ2n) is 6.10. The predicted octanol–water partition coefficient (Wildman–Crippen LogP) is 4.75. The van der Waals surface area contributed by atoms with Crippen molar-refractivity contribution in [3.05, 3.63) is 47.7 Å². The summed E-state index contributed by atoms with van der Waals surface area (Å²) in [7, 11) is 2.03. The molecule has 0 fully saturated rings. The molecule has 1 aromatic carbocycles. The van der Waals surface area contributed by atoms with Crippen LogP contribution >= 0.6 is 11.8 Å². The average molecular weight is 352 g/mol. The molecule has 5 nitrogen and oxygen atoms in total. The molecule has 4 rings (SSSR count). The number of hydrogen-bond acceptors (Lipinski definition) is 4. The minimum absolute atomic E-state index is 0.827. The SMILES string of the molecule is CCSc1nnc(-c2cc3occc3n2C)n1-c1ccc(C)c(C)c1. The third kappa shape index (κ3) is 2.57. The lowest BCUT2D eigenvalue weighted by atomic mass is 10.1. The first-order valence-electron chi connectivity index (χ1n) is 8.29. The molecule has 0 unspecified atom stereocenters. The number of rotatable bonds is 4. The molecule has 0 radical (unpaired) electrons. The molecule has 0 bridgehead atoms. The second-order valence-corrected chi connectivity index (χ2v) is 7.33. The highest BCUT2D eigenvalue weighted by Gasteiger charge is 2.20. The molecule has 0 N–H and O–H groups in total. The van der Waals surface area contributed by atoms with E-state index in [9.17, 15) is 0 Å². The third-order valence-corrected chi connectivity index (χ3v) is 5.36. The average Bonchev–Trinajstić information content (AvgIpc) is 3.27. The molecular formula is C19H20N4OS. The van der Waals surface area contributed by atoms with Crippen LogP contribution in [-0.2, 0) is 7.05 Å². The number of aromatic nitrogens is 4. The van der Waals surface area contributed by atoms with Crippen LogP contribution in [0.1, 0.15) is 18.1 Å². The van der Waals surface area contributed by atoms with E-state index < -0.39 is 0 Å². The number of fused-ring (bicyclic) bond motifs is 1. The maximum atomic E-state index is 5.55. The summed E-state index contributed by atoms with van der Waals surface area (Å²) >= 11 is 1.69. The summed E-state index contributed by atoms with van der Waals surface area (Å²) in [6.07, 6.45) is 1.71. The Bertz CT molecular complexity index is 1060. The van der Waals surface area contributed by atoms with Crippen LogP contribution in [0.2, 0.25) is 0 Å². The van der Waals surface area contributed by atoms with Crippen molar-refractivity contribution in [2.75, 3.05) is 5.75 Å². The Morgan fingerprint density at radius 2 is 1.92 bits per heavy atom. The van der Waals surface area contributed by atoms with E-state index in [0.717, 1.165) is 39.2 Å². The lowest BCUT2D eigenvalue weighted by Gasteiger charge is -2.12. The van der Waals surface area contributed by atoms with E-state index in [1.54, 1.807) is 18.0 Å². The van der Waals surface area contributed by atoms with Gasteiger partial charge in [-0.1, -0.05) is 24.8 Å². The van der Waals surface area contributed by atoms with Gasteiger partial charge in [-0.25, -0.2) is 0 Å². The molecule has 0 aliphatic carbocycles. The van der Waals surface area contributed by atoms with Crippen LogP contribution in [0.5, 0.6) is 0 Å². The van der Waals surface area contributed by atoms with Crippen LogP contribution in [0.3, 0.4) is 0 Å². The number of thioether (sulfide) groups is 1. The predicted molar refractivity (Wildman–Crippen MR) is 101 cm³/mol. The van der Waals surface area contributed by atoms with Crippen LogP contribution in [-0.4, -0.2) is 25.1 Å². The van der Waals surface area contributed by atoms with Crippen molar-refractivity contribution in [1.82, 2.24) is 19.3 Å². The monoisotopic (exact) mass is 352 g/mol. The van der Waals surface area contributed by atoms with Crippen molar-refractivity contribution in [2.24, 2.45) is 7.05 Å². The maximum Gasteiger partial charge on any atom is 0.196 e. The quantitative estimate of drug-likeness (QED) is 0.497. The molecule has 0 aliphatic rings. The molecule has 3 heterocycles. The van der Waals surface area contributed by atoms with Gasteiger partial charge in [-0.2, -0.15) is 0 Å². The zero-order valence-electron chi connectivity index (χ0n) is 14.8. The third-order valence-electron chi connectivity index (χ3n) is 4.55. The van der Waals surface area contributed by atoms with Crippen LogP contribution in [0.25, 0.3) is 28.3 Å². The van der Waals surface area contributed by atoms with Gasteiger partial charge in [-0.3, -0.25) is 4.57 Å². The number of hydrogen-bond donors (Lipinski definition) is 0. The molecule has 6 heteroatoms. The summed E-state index contributed by atoms with van der Waals surface area (Å²) in [6, 6.07) is 10.5. The highest BCUT2D eigenvalue weighted by molar-refractivity contribution is 7.99. The van der Waals surface area contributed by atoms with Gasteiger partial charge in [0.25, 0.3) is 0 Å². The smallest absolute Gasteiger partial charge is 0.196 e. The van der Waals surface area contributed by atoms with Crippen molar-refractivity contribution in [2.45, 2.75) is 25.9 Å². The zero-order valence-corrected chi connectivity index (χ0v) is 15.6. The van der Waals surface area contributed by atoms with Gasteiger partial charge in [0, 0.05) is 19.2 Å². The molecule has 3 aromatic heterocycles. The highest BCUT2D eigenvalue weighted by Crippen LogP contribution is 2.32. The molecule has 0 amide bonds. The van der Waals surface area contributed by atoms with Crippen LogP contribution < -0.4 is 0 Å². The highest BCUT2D eigenvalue weighted by atomic mass is 32.2.